The molecule has 0 aliphatic heterocycles. The summed E-state index contributed by atoms with van der Waals surface area (Å²) in [4.78, 5) is 10.9. The lowest BCUT2D eigenvalue weighted by molar-refractivity contribution is 0.526. The Morgan fingerprint density at radius 2 is 0.661 bits per heavy atom. The summed E-state index contributed by atoms with van der Waals surface area (Å²) < 4.78 is 0. The summed E-state index contributed by atoms with van der Waals surface area (Å²) in [5, 5.41) is 0. The van der Waals surface area contributed by atoms with Crippen molar-refractivity contribution in [2.45, 2.75) is 266 Å². The molecule has 0 N–H and O–H groups in total. The summed E-state index contributed by atoms with van der Waals surface area (Å²) >= 11 is 0. The number of hydrogen-bond donors (Lipinski definition) is 0. The zero-order valence-corrected chi connectivity index (χ0v) is 40.3. The van der Waals surface area contributed by atoms with Crippen LogP contribution in [-0.2, 0) is 25.7 Å². The quantitative estimate of drug-likeness (QED) is 0.0475. The minimum atomic E-state index is 0.978. The summed E-state index contributed by atoms with van der Waals surface area (Å²) in [6, 6.07) is 14.0. The first-order valence-electron chi connectivity index (χ1n) is 26.1. The van der Waals surface area contributed by atoms with Crippen LogP contribution in [0.25, 0.3) is 0 Å². The Morgan fingerprint density at radius 3 is 1.00 bits per heavy atom. The van der Waals surface area contributed by atoms with Crippen molar-refractivity contribution < 1.29 is 0 Å². The number of allylic oxidation sites excluding steroid dienone is 2. The topological polar surface area (TPSA) is 24.7 Å². The van der Waals surface area contributed by atoms with Crippen molar-refractivity contribution in [2.24, 2.45) is 9.98 Å². The predicted octanol–water partition coefficient (Wildman–Crippen LogP) is 19.5. The SMILES string of the molecule is CCCCCCCCCCCCCC=CC(=Nc1cc(CC)cc(CC)c1)C(CCCCCCCCCCCCCCCCCCCC)=Nc1cc(CC)cc(CC)c1. The van der Waals surface area contributed by atoms with E-state index in [0.29, 0.717) is 0 Å². The molecule has 0 unspecified atom stereocenters. The lowest BCUT2D eigenvalue weighted by Crippen LogP contribution is -2.12. The zero-order valence-electron chi connectivity index (χ0n) is 40.3. The lowest BCUT2D eigenvalue weighted by Gasteiger charge is -2.12. The average molecular weight is 809 g/mol. The lowest BCUT2D eigenvalue weighted by atomic mass is 10.0. The molecule has 0 amide bonds. The first kappa shape index (κ1) is 52.7. The molecule has 334 valence electrons. The second kappa shape index (κ2) is 37.3. The summed E-state index contributed by atoms with van der Waals surface area (Å²) in [5.74, 6) is 0. The van der Waals surface area contributed by atoms with Crippen LogP contribution < -0.4 is 0 Å². The Labute approximate surface area is 368 Å². The normalized spacial score (nSPS) is 12.4. The predicted molar refractivity (Wildman–Crippen MR) is 268 cm³/mol. The van der Waals surface area contributed by atoms with E-state index in [1.165, 1.54) is 208 Å². The molecule has 2 nitrogen and oxygen atoms in total. The van der Waals surface area contributed by atoms with Crippen LogP contribution in [-0.4, -0.2) is 11.4 Å². The highest BCUT2D eigenvalue weighted by molar-refractivity contribution is 6.47. The summed E-state index contributed by atoms with van der Waals surface area (Å²) in [6.07, 6.45) is 51.4. The highest BCUT2D eigenvalue weighted by Gasteiger charge is 2.11. The molecule has 0 saturated carbocycles. The molecule has 2 heteroatoms. The van der Waals surface area contributed by atoms with Crippen LogP contribution in [0.1, 0.15) is 263 Å². The Morgan fingerprint density at radius 1 is 0.356 bits per heavy atom. The van der Waals surface area contributed by atoms with Crippen LogP contribution >= 0.6 is 0 Å². The van der Waals surface area contributed by atoms with Crippen LogP contribution in [0.15, 0.2) is 58.5 Å². The molecule has 2 rings (SSSR count). The van der Waals surface area contributed by atoms with Crippen molar-refractivity contribution in [1.29, 1.82) is 0 Å². The third kappa shape index (κ3) is 27.2. The molecule has 0 atom stereocenters. The molecular formula is C57H96N2. The molecule has 0 saturated heterocycles. The highest BCUT2D eigenvalue weighted by atomic mass is 14.8. The van der Waals surface area contributed by atoms with Gasteiger partial charge in [-0.15, -0.1) is 0 Å². The van der Waals surface area contributed by atoms with Crippen molar-refractivity contribution in [3.05, 3.63) is 70.8 Å². The van der Waals surface area contributed by atoms with Crippen molar-refractivity contribution in [1.82, 2.24) is 0 Å². The Hall–Kier alpha value is -2.48. The number of benzene rings is 2. The standard InChI is InChI=1S/C57H96N2/c1-7-13-15-17-19-21-23-25-26-27-28-29-31-33-35-37-39-41-43-57(59-55-48-52(11-5)45-53(12-6)49-55)56(58-54-46-50(9-3)44-51(10-4)47-54)42-40-38-36-34-32-30-24-22-20-18-16-14-8-2/h40,42,44-49H,7-39,41,43H2,1-6H3. The fourth-order valence-electron chi connectivity index (χ4n) is 8.48. The van der Waals surface area contributed by atoms with Gasteiger partial charge in [-0.2, -0.15) is 0 Å². The van der Waals surface area contributed by atoms with E-state index in [1.54, 1.807) is 0 Å². The van der Waals surface area contributed by atoms with Gasteiger partial charge >= 0.3 is 0 Å². The first-order chi connectivity index (χ1) is 29.1. The maximum Gasteiger partial charge on any atom is 0.0848 e. The van der Waals surface area contributed by atoms with E-state index in [-0.39, 0.29) is 0 Å². The van der Waals surface area contributed by atoms with Crippen molar-refractivity contribution in [3.63, 3.8) is 0 Å². The molecular weight excluding hydrogens is 713 g/mol. The molecule has 0 bridgehead atoms. The van der Waals surface area contributed by atoms with Gasteiger partial charge in [0, 0.05) is 0 Å². The second-order valence-corrected chi connectivity index (χ2v) is 18.0. The molecule has 59 heavy (non-hydrogen) atoms. The Bertz CT molecular complexity index is 1330. The minimum Gasteiger partial charge on any atom is -0.251 e. The van der Waals surface area contributed by atoms with Crippen LogP contribution in [0.5, 0.6) is 0 Å². The fourth-order valence-corrected chi connectivity index (χ4v) is 8.48. The van der Waals surface area contributed by atoms with E-state index in [2.05, 4.69) is 90.1 Å². The van der Waals surface area contributed by atoms with Gasteiger partial charge in [0.25, 0.3) is 0 Å². The molecule has 2 aromatic carbocycles. The van der Waals surface area contributed by atoms with Gasteiger partial charge in [0.05, 0.1) is 22.8 Å². The number of hydrogen-bond acceptors (Lipinski definition) is 2. The monoisotopic (exact) mass is 809 g/mol. The van der Waals surface area contributed by atoms with Gasteiger partial charge in [0.15, 0.2) is 0 Å². The molecule has 0 aliphatic carbocycles. The van der Waals surface area contributed by atoms with Gasteiger partial charge in [-0.25, -0.2) is 4.99 Å². The van der Waals surface area contributed by atoms with Crippen LogP contribution in [0, 0.1) is 0 Å². The summed E-state index contributed by atoms with van der Waals surface area (Å²) in [7, 11) is 0. The highest BCUT2D eigenvalue weighted by Crippen LogP contribution is 2.24. The molecule has 0 heterocycles. The van der Waals surface area contributed by atoms with E-state index in [0.717, 1.165) is 61.3 Å². The summed E-state index contributed by atoms with van der Waals surface area (Å²) in [5.41, 5.74) is 9.91. The average Bonchev–Trinajstić information content (AvgIpc) is 3.26. The van der Waals surface area contributed by atoms with Crippen LogP contribution in [0.3, 0.4) is 0 Å². The zero-order chi connectivity index (χ0) is 42.4. The van der Waals surface area contributed by atoms with Gasteiger partial charge in [-0.3, -0.25) is 4.99 Å². The molecule has 0 fully saturated rings. The van der Waals surface area contributed by atoms with Crippen LogP contribution in [0.2, 0.25) is 0 Å². The smallest absolute Gasteiger partial charge is 0.0848 e. The van der Waals surface area contributed by atoms with Crippen molar-refractivity contribution in [2.75, 3.05) is 0 Å². The number of rotatable bonds is 39. The van der Waals surface area contributed by atoms with Crippen molar-refractivity contribution in [3.8, 4) is 0 Å². The Kier molecular flexibility index (Phi) is 33.3. The maximum absolute atomic E-state index is 5.49. The van der Waals surface area contributed by atoms with Crippen LogP contribution in [0.4, 0.5) is 11.4 Å². The number of nitrogens with zero attached hydrogens (tertiary/aromatic N) is 2. The second-order valence-electron chi connectivity index (χ2n) is 18.0. The molecule has 0 radical (unpaired) electrons. The number of unbranched alkanes of at least 4 members (excludes halogenated alkanes) is 28. The van der Waals surface area contributed by atoms with Gasteiger partial charge in [0.2, 0.25) is 0 Å². The largest absolute Gasteiger partial charge is 0.251 e. The van der Waals surface area contributed by atoms with Gasteiger partial charge < -0.3 is 0 Å². The molecule has 0 spiro atoms. The number of aliphatic imine (C=N–C) groups is 2. The minimum absolute atomic E-state index is 0.978. The Balaban J connectivity index is 2.03. The summed E-state index contributed by atoms with van der Waals surface area (Å²) in [6.45, 7) is 13.7. The maximum atomic E-state index is 5.49. The van der Waals surface area contributed by atoms with Gasteiger partial charge in [-0.05, 0) is 104 Å². The molecule has 2 aromatic rings. The van der Waals surface area contributed by atoms with Crippen molar-refractivity contribution >= 4 is 22.8 Å². The third-order valence-corrected chi connectivity index (χ3v) is 12.5. The van der Waals surface area contributed by atoms with Gasteiger partial charge in [0.1, 0.15) is 0 Å². The van der Waals surface area contributed by atoms with E-state index < -0.39 is 0 Å². The van der Waals surface area contributed by atoms with E-state index in [4.69, 9.17) is 9.98 Å². The fraction of sp³-hybridized carbons (Fsp3) is 0.719. The molecule has 0 aliphatic rings. The number of aryl methyl sites for hydroxylation is 4. The molecule has 0 aromatic heterocycles. The van der Waals surface area contributed by atoms with E-state index in [1.807, 2.05) is 0 Å². The third-order valence-electron chi connectivity index (χ3n) is 12.5. The van der Waals surface area contributed by atoms with E-state index >= 15 is 0 Å². The van der Waals surface area contributed by atoms with E-state index in [9.17, 15) is 0 Å². The van der Waals surface area contributed by atoms with Gasteiger partial charge in [-0.1, -0.05) is 233 Å². The first-order valence-corrected chi connectivity index (χ1v) is 26.1.